The van der Waals surface area contributed by atoms with Crippen LogP contribution in [0.2, 0.25) is 0 Å². The van der Waals surface area contributed by atoms with E-state index in [-0.39, 0.29) is 6.67 Å². The molecule has 0 radical (unpaired) electrons. The van der Waals surface area contributed by atoms with E-state index in [4.69, 9.17) is 0 Å². The normalized spacial score (nSPS) is 32.4. The average molecular weight is 270 g/mol. The van der Waals surface area contributed by atoms with Crippen LogP contribution in [-0.4, -0.2) is 43.3 Å². The molecule has 3 unspecified atom stereocenters. The molecule has 0 amide bonds. The summed E-state index contributed by atoms with van der Waals surface area (Å²) >= 11 is 0. The van der Waals surface area contributed by atoms with E-state index in [1.807, 2.05) is 0 Å². The predicted molar refractivity (Wildman–Crippen MR) is 79.2 cm³/mol. The molecule has 0 spiro atoms. The molecule has 1 saturated carbocycles. The Morgan fingerprint density at radius 1 is 1.26 bits per heavy atom. The van der Waals surface area contributed by atoms with Gasteiger partial charge in [0, 0.05) is 31.7 Å². The second kappa shape index (κ2) is 7.58. The largest absolute Gasteiger partial charge is 0.311 e. The van der Waals surface area contributed by atoms with E-state index in [2.05, 4.69) is 24.1 Å². The van der Waals surface area contributed by atoms with Gasteiger partial charge in [0.05, 0.1) is 0 Å². The summed E-state index contributed by atoms with van der Waals surface area (Å²) in [6, 6.07) is 1.13. The summed E-state index contributed by atoms with van der Waals surface area (Å²) in [7, 11) is 0. The third kappa shape index (κ3) is 3.91. The lowest BCUT2D eigenvalue weighted by atomic mass is 9.81. The summed E-state index contributed by atoms with van der Waals surface area (Å²) in [5.41, 5.74) is 0. The number of hydrogen-bond acceptors (Lipinski definition) is 2. The second-order valence-electron chi connectivity index (χ2n) is 6.55. The highest BCUT2D eigenvalue weighted by Crippen LogP contribution is 2.30. The number of hydrogen-bond donors (Lipinski definition) is 1. The van der Waals surface area contributed by atoms with Gasteiger partial charge in [-0.05, 0) is 24.7 Å². The molecule has 1 N–H and O–H groups in total. The van der Waals surface area contributed by atoms with Gasteiger partial charge in [0.25, 0.3) is 0 Å². The van der Waals surface area contributed by atoms with Gasteiger partial charge in [0.1, 0.15) is 6.67 Å². The zero-order valence-electron chi connectivity index (χ0n) is 12.7. The number of alkyl halides is 1. The van der Waals surface area contributed by atoms with Gasteiger partial charge in [-0.25, -0.2) is 4.39 Å². The first-order valence-electron chi connectivity index (χ1n) is 8.29. The molecule has 3 heteroatoms. The van der Waals surface area contributed by atoms with Crippen molar-refractivity contribution in [1.82, 2.24) is 10.2 Å². The molecule has 1 saturated heterocycles. The third-order valence-corrected chi connectivity index (χ3v) is 5.39. The first kappa shape index (κ1) is 15.2. The fraction of sp³-hybridized carbons (Fsp3) is 1.00. The van der Waals surface area contributed by atoms with Crippen molar-refractivity contribution in [1.29, 1.82) is 0 Å². The van der Waals surface area contributed by atoms with Crippen LogP contribution >= 0.6 is 0 Å². The van der Waals surface area contributed by atoms with Gasteiger partial charge < -0.3 is 5.32 Å². The SMILES string of the molecule is CCC(C)C1CN(CCF)C(C2CCCCC2)CN1. The molecule has 2 aliphatic rings. The molecular weight excluding hydrogens is 239 g/mol. The zero-order chi connectivity index (χ0) is 13.7. The van der Waals surface area contributed by atoms with Crippen molar-refractivity contribution in [2.45, 2.75) is 64.5 Å². The highest BCUT2D eigenvalue weighted by atomic mass is 19.1. The van der Waals surface area contributed by atoms with Crippen molar-refractivity contribution in [2.24, 2.45) is 11.8 Å². The van der Waals surface area contributed by atoms with Crippen LogP contribution in [0.25, 0.3) is 0 Å². The zero-order valence-corrected chi connectivity index (χ0v) is 12.7. The Bertz CT molecular complexity index is 253. The molecule has 2 fully saturated rings. The van der Waals surface area contributed by atoms with Gasteiger partial charge >= 0.3 is 0 Å². The Balaban J connectivity index is 1.95. The van der Waals surface area contributed by atoms with Crippen LogP contribution in [0.4, 0.5) is 4.39 Å². The predicted octanol–water partition coefficient (Wildman–Crippen LogP) is 3.22. The van der Waals surface area contributed by atoms with Crippen LogP contribution in [0.15, 0.2) is 0 Å². The van der Waals surface area contributed by atoms with Gasteiger partial charge in [0.2, 0.25) is 0 Å². The first-order valence-corrected chi connectivity index (χ1v) is 8.29. The van der Waals surface area contributed by atoms with Crippen LogP contribution in [0.1, 0.15) is 52.4 Å². The number of piperazine rings is 1. The van der Waals surface area contributed by atoms with Gasteiger partial charge in [-0.1, -0.05) is 39.5 Å². The number of nitrogens with one attached hydrogen (secondary N) is 1. The minimum Gasteiger partial charge on any atom is -0.311 e. The Labute approximate surface area is 118 Å². The van der Waals surface area contributed by atoms with Gasteiger partial charge in [-0.2, -0.15) is 0 Å². The molecule has 0 bridgehead atoms. The number of rotatable bonds is 5. The van der Waals surface area contributed by atoms with Crippen molar-refractivity contribution < 1.29 is 4.39 Å². The molecule has 2 rings (SSSR count). The van der Waals surface area contributed by atoms with Crippen LogP contribution in [0, 0.1) is 11.8 Å². The topological polar surface area (TPSA) is 15.3 Å². The Morgan fingerprint density at radius 3 is 2.63 bits per heavy atom. The molecule has 1 heterocycles. The maximum Gasteiger partial charge on any atom is 0.102 e. The Kier molecular flexibility index (Phi) is 6.08. The smallest absolute Gasteiger partial charge is 0.102 e. The fourth-order valence-corrected chi connectivity index (χ4v) is 3.87. The summed E-state index contributed by atoms with van der Waals surface area (Å²) in [5, 5.41) is 3.74. The van der Waals surface area contributed by atoms with Crippen molar-refractivity contribution in [3.05, 3.63) is 0 Å². The molecule has 19 heavy (non-hydrogen) atoms. The van der Waals surface area contributed by atoms with Gasteiger partial charge in [0.15, 0.2) is 0 Å². The minimum absolute atomic E-state index is 0.198. The van der Waals surface area contributed by atoms with Crippen LogP contribution in [-0.2, 0) is 0 Å². The van der Waals surface area contributed by atoms with E-state index >= 15 is 0 Å². The van der Waals surface area contributed by atoms with E-state index in [1.54, 1.807) is 0 Å². The maximum absolute atomic E-state index is 12.9. The lowest BCUT2D eigenvalue weighted by Crippen LogP contribution is -2.61. The van der Waals surface area contributed by atoms with Crippen molar-refractivity contribution in [3.8, 4) is 0 Å². The number of nitrogens with zero attached hydrogens (tertiary/aromatic N) is 1. The van der Waals surface area contributed by atoms with E-state index in [0.717, 1.165) is 19.0 Å². The Morgan fingerprint density at radius 2 is 2.00 bits per heavy atom. The standard InChI is InChI=1S/C16H31FN2/c1-3-13(2)15-12-19(10-9-17)16(11-18-15)14-7-5-4-6-8-14/h13-16,18H,3-12H2,1-2H3. The van der Waals surface area contributed by atoms with E-state index in [0.29, 0.717) is 24.5 Å². The van der Waals surface area contributed by atoms with Gasteiger partial charge in [-0.3, -0.25) is 4.90 Å². The number of halogens is 1. The maximum atomic E-state index is 12.9. The third-order valence-electron chi connectivity index (χ3n) is 5.39. The minimum atomic E-state index is -0.198. The molecule has 1 aliphatic heterocycles. The first-order chi connectivity index (χ1) is 9.26. The molecular formula is C16H31FN2. The van der Waals surface area contributed by atoms with E-state index in [9.17, 15) is 4.39 Å². The quantitative estimate of drug-likeness (QED) is 0.825. The molecule has 0 aromatic rings. The molecule has 0 aromatic carbocycles. The summed E-state index contributed by atoms with van der Waals surface area (Å²) in [6.07, 6.45) is 8.05. The monoisotopic (exact) mass is 270 g/mol. The second-order valence-corrected chi connectivity index (χ2v) is 6.55. The van der Waals surface area contributed by atoms with E-state index in [1.165, 1.54) is 38.5 Å². The molecule has 3 atom stereocenters. The summed E-state index contributed by atoms with van der Waals surface area (Å²) in [6.45, 7) is 7.11. The average Bonchev–Trinajstić information content (AvgIpc) is 2.47. The summed E-state index contributed by atoms with van der Waals surface area (Å²) in [4.78, 5) is 2.45. The lowest BCUT2D eigenvalue weighted by Gasteiger charge is -2.46. The van der Waals surface area contributed by atoms with E-state index < -0.39 is 0 Å². The highest BCUT2D eigenvalue weighted by molar-refractivity contribution is 4.92. The molecule has 1 aliphatic carbocycles. The molecule has 112 valence electrons. The van der Waals surface area contributed by atoms with Gasteiger partial charge in [-0.15, -0.1) is 0 Å². The molecule has 2 nitrogen and oxygen atoms in total. The Hall–Kier alpha value is -0.150. The summed E-state index contributed by atoms with van der Waals surface area (Å²) < 4.78 is 12.9. The lowest BCUT2D eigenvalue weighted by molar-refractivity contribution is 0.0545. The van der Waals surface area contributed by atoms with Crippen molar-refractivity contribution in [2.75, 3.05) is 26.3 Å². The van der Waals surface area contributed by atoms with Crippen molar-refractivity contribution in [3.63, 3.8) is 0 Å². The molecule has 0 aromatic heterocycles. The fourth-order valence-electron chi connectivity index (χ4n) is 3.87. The van der Waals surface area contributed by atoms with Crippen LogP contribution in [0.3, 0.4) is 0 Å². The van der Waals surface area contributed by atoms with Crippen molar-refractivity contribution >= 4 is 0 Å². The van der Waals surface area contributed by atoms with Crippen LogP contribution in [0.5, 0.6) is 0 Å². The summed E-state index contributed by atoms with van der Waals surface area (Å²) in [5.74, 6) is 1.49. The highest BCUT2D eigenvalue weighted by Gasteiger charge is 2.34. The van der Waals surface area contributed by atoms with Crippen LogP contribution < -0.4 is 5.32 Å².